The van der Waals surface area contributed by atoms with Crippen LogP contribution in [0.5, 0.6) is 5.75 Å². The molecule has 2 heterocycles. The van der Waals surface area contributed by atoms with Crippen LogP contribution in [0, 0.1) is 5.82 Å². The van der Waals surface area contributed by atoms with Crippen LogP contribution in [0.3, 0.4) is 0 Å². The van der Waals surface area contributed by atoms with Crippen molar-refractivity contribution in [3.8, 4) is 5.75 Å². The molecule has 0 spiro atoms. The lowest BCUT2D eigenvalue weighted by atomic mass is 10.1. The molecule has 0 fully saturated rings. The largest absolute Gasteiger partial charge is 0.491 e. The van der Waals surface area contributed by atoms with Gasteiger partial charge >= 0.3 is 6.18 Å². The van der Waals surface area contributed by atoms with Crippen molar-refractivity contribution in [2.45, 2.75) is 18.6 Å². The van der Waals surface area contributed by atoms with Gasteiger partial charge in [0, 0.05) is 18.2 Å². The molecule has 1 amide bonds. The number of ether oxygens (including phenoxy) is 1. The molecule has 1 unspecified atom stereocenters. The Morgan fingerprint density at radius 3 is 2.33 bits per heavy atom. The van der Waals surface area contributed by atoms with Crippen molar-refractivity contribution in [3.63, 3.8) is 0 Å². The van der Waals surface area contributed by atoms with Crippen molar-refractivity contribution >= 4 is 5.91 Å². The topological polar surface area (TPSA) is 51.2 Å². The highest BCUT2D eigenvalue weighted by molar-refractivity contribution is 5.94. The molecule has 1 atom stereocenters. The standard InChI is InChI=1S/C15H13FN2O2.C7H5F3/c16-11-5-3-10(4-6-11)15(19)18-12-7-9-20-13-2-1-8-17-14(12)13;8-7(9,10)6-4-2-1-3-5-6/h1-6,8,12H,7,9H2,(H,18,19);1-5H. The molecule has 1 aromatic heterocycles. The molecule has 0 bridgehead atoms. The number of carbonyl (C=O) groups is 1. The minimum atomic E-state index is -4.21. The number of carbonyl (C=O) groups excluding carboxylic acids is 1. The average molecular weight is 418 g/mol. The summed E-state index contributed by atoms with van der Waals surface area (Å²) in [4.78, 5) is 16.4. The van der Waals surface area contributed by atoms with Gasteiger partial charge in [-0.25, -0.2) is 4.39 Å². The average Bonchev–Trinajstić information content (AvgIpc) is 2.75. The lowest BCUT2D eigenvalue weighted by molar-refractivity contribution is -0.137. The molecular formula is C22H18F4N2O2. The molecule has 4 rings (SSSR count). The highest BCUT2D eigenvalue weighted by Crippen LogP contribution is 2.30. The predicted molar refractivity (Wildman–Crippen MR) is 102 cm³/mol. The third-order valence-corrected chi connectivity index (χ3v) is 4.31. The first-order valence-electron chi connectivity index (χ1n) is 9.11. The molecule has 30 heavy (non-hydrogen) atoms. The maximum absolute atomic E-state index is 12.8. The molecule has 8 heteroatoms. The maximum Gasteiger partial charge on any atom is 0.416 e. The SMILES string of the molecule is FC(F)(F)c1ccccc1.O=C(NC1CCOc2cccnc21)c1ccc(F)cc1. The van der Waals surface area contributed by atoms with E-state index in [0.29, 0.717) is 24.3 Å². The van der Waals surface area contributed by atoms with Crippen molar-refractivity contribution in [2.75, 3.05) is 6.61 Å². The number of fused-ring (bicyclic) bond motifs is 1. The van der Waals surface area contributed by atoms with E-state index in [1.54, 1.807) is 18.3 Å². The summed E-state index contributed by atoms with van der Waals surface area (Å²) in [6, 6.07) is 15.3. The van der Waals surface area contributed by atoms with Crippen LogP contribution in [-0.4, -0.2) is 17.5 Å². The molecular weight excluding hydrogens is 400 g/mol. The van der Waals surface area contributed by atoms with E-state index in [1.165, 1.54) is 36.4 Å². The second-order valence-corrected chi connectivity index (χ2v) is 6.42. The van der Waals surface area contributed by atoms with Gasteiger partial charge in [0.1, 0.15) is 17.3 Å². The minimum Gasteiger partial charge on any atom is -0.491 e. The van der Waals surface area contributed by atoms with Gasteiger partial charge in [0.25, 0.3) is 5.91 Å². The van der Waals surface area contributed by atoms with E-state index in [9.17, 15) is 22.4 Å². The van der Waals surface area contributed by atoms with Crippen molar-refractivity contribution < 1.29 is 27.1 Å². The Kier molecular flexibility index (Phi) is 6.66. The van der Waals surface area contributed by atoms with Gasteiger partial charge < -0.3 is 10.1 Å². The number of nitrogens with zero attached hydrogens (tertiary/aromatic N) is 1. The van der Waals surface area contributed by atoms with Crippen LogP contribution in [0.4, 0.5) is 17.6 Å². The van der Waals surface area contributed by atoms with Gasteiger partial charge in [0.05, 0.1) is 18.2 Å². The molecule has 1 N–H and O–H groups in total. The van der Waals surface area contributed by atoms with E-state index in [2.05, 4.69) is 10.3 Å². The summed E-state index contributed by atoms with van der Waals surface area (Å²) >= 11 is 0. The third kappa shape index (κ3) is 5.56. The van der Waals surface area contributed by atoms with E-state index < -0.39 is 11.7 Å². The highest BCUT2D eigenvalue weighted by Gasteiger charge is 2.29. The Morgan fingerprint density at radius 2 is 1.70 bits per heavy atom. The third-order valence-electron chi connectivity index (χ3n) is 4.31. The van der Waals surface area contributed by atoms with Crippen LogP contribution in [0.2, 0.25) is 0 Å². The Labute approximate surface area is 170 Å². The van der Waals surface area contributed by atoms with Crippen LogP contribution in [0.25, 0.3) is 0 Å². The summed E-state index contributed by atoms with van der Waals surface area (Å²) in [5.74, 6) is 0.0938. The van der Waals surface area contributed by atoms with Crippen molar-refractivity contribution in [1.29, 1.82) is 0 Å². The van der Waals surface area contributed by atoms with Gasteiger partial charge in [-0.2, -0.15) is 13.2 Å². The lowest BCUT2D eigenvalue weighted by Crippen LogP contribution is -2.32. The lowest BCUT2D eigenvalue weighted by Gasteiger charge is -2.25. The fourth-order valence-corrected chi connectivity index (χ4v) is 2.82. The van der Waals surface area contributed by atoms with Crippen molar-refractivity contribution in [2.24, 2.45) is 0 Å². The number of hydrogen-bond acceptors (Lipinski definition) is 3. The number of rotatable bonds is 2. The molecule has 1 aliphatic rings. The number of halogens is 4. The monoisotopic (exact) mass is 418 g/mol. The minimum absolute atomic E-state index is 0.183. The first kappa shape index (κ1) is 21.3. The fraction of sp³-hybridized carbons (Fsp3) is 0.182. The number of alkyl halides is 3. The van der Waals surface area contributed by atoms with Crippen molar-refractivity contribution in [1.82, 2.24) is 10.3 Å². The van der Waals surface area contributed by atoms with Crippen LogP contribution in [-0.2, 0) is 6.18 Å². The van der Waals surface area contributed by atoms with Gasteiger partial charge in [0.2, 0.25) is 0 Å². The number of pyridine rings is 1. The number of aromatic nitrogens is 1. The summed E-state index contributed by atoms with van der Waals surface area (Å²) in [6.07, 6.45) is -1.87. The number of amides is 1. The van der Waals surface area contributed by atoms with Gasteiger partial charge in [-0.1, -0.05) is 30.3 Å². The zero-order valence-corrected chi connectivity index (χ0v) is 15.7. The van der Waals surface area contributed by atoms with E-state index in [1.807, 2.05) is 6.07 Å². The Balaban J connectivity index is 0.000000216. The van der Waals surface area contributed by atoms with E-state index >= 15 is 0 Å². The molecule has 1 aliphatic heterocycles. The Bertz CT molecular complexity index is 976. The van der Waals surface area contributed by atoms with Gasteiger partial charge in [-0.15, -0.1) is 0 Å². The fourth-order valence-electron chi connectivity index (χ4n) is 2.82. The van der Waals surface area contributed by atoms with E-state index in [-0.39, 0.29) is 17.8 Å². The molecule has 0 saturated carbocycles. The molecule has 0 aliphatic carbocycles. The van der Waals surface area contributed by atoms with Gasteiger partial charge in [-0.3, -0.25) is 9.78 Å². The number of nitrogens with one attached hydrogen (secondary N) is 1. The molecule has 0 radical (unpaired) electrons. The summed E-state index contributed by atoms with van der Waals surface area (Å²) < 4.78 is 53.7. The zero-order valence-electron chi connectivity index (χ0n) is 15.7. The first-order valence-corrected chi connectivity index (χ1v) is 9.11. The van der Waals surface area contributed by atoms with Crippen molar-refractivity contribution in [3.05, 3.63) is 95.6 Å². The summed E-state index contributed by atoms with van der Waals surface area (Å²) in [6.45, 7) is 0.535. The second-order valence-electron chi connectivity index (χ2n) is 6.42. The van der Waals surface area contributed by atoms with Crippen LogP contribution in [0.1, 0.15) is 34.1 Å². The Hall–Kier alpha value is -3.42. The van der Waals surface area contributed by atoms with Crippen LogP contribution < -0.4 is 10.1 Å². The smallest absolute Gasteiger partial charge is 0.416 e. The molecule has 156 valence electrons. The molecule has 3 aromatic rings. The van der Waals surface area contributed by atoms with E-state index in [0.717, 1.165) is 17.8 Å². The number of benzene rings is 2. The van der Waals surface area contributed by atoms with Gasteiger partial charge in [-0.05, 0) is 36.4 Å². The highest BCUT2D eigenvalue weighted by atomic mass is 19.4. The zero-order chi connectivity index (χ0) is 21.6. The summed E-state index contributed by atoms with van der Waals surface area (Å²) in [5, 5.41) is 2.91. The first-order chi connectivity index (χ1) is 14.3. The number of hydrogen-bond donors (Lipinski definition) is 1. The van der Waals surface area contributed by atoms with Crippen LogP contribution in [0.15, 0.2) is 72.9 Å². The maximum atomic E-state index is 12.8. The normalized spacial score (nSPS) is 15.1. The molecule has 2 aromatic carbocycles. The predicted octanol–water partition coefficient (Wildman–Crippen LogP) is 5.18. The van der Waals surface area contributed by atoms with Gasteiger partial charge in [0.15, 0.2) is 0 Å². The second kappa shape index (κ2) is 9.39. The summed E-state index contributed by atoms with van der Waals surface area (Å²) in [7, 11) is 0. The Morgan fingerprint density at radius 1 is 1.00 bits per heavy atom. The quantitative estimate of drug-likeness (QED) is 0.584. The van der Waals surface area contributed by atoms with E-state index in [4.69, 9.17) is 4.74 Å². The summed E-state index contributed by atoms with van der Waals surface area (Å²) in [5.41, 5.74) is 0.555. The molecule has 0 saturated heterocycles. The molecule has 4 nitrogen and oxygen atoms in total. The van der Waals surface area contributed by atoms with Crippen LogP contribution >= 0.6 is 0 Å².